The number of phosphoric ester groups is 2. The molecule has 0 bridgehead atoms. The smallest absolute Gasteiger partial charge is 0.462 e. The van der Waals surface area contributed by atoms with Crippen LogP contribution in [-0.4, -0.2) is 96.7 Å². The minimum absolute atomic E-state index is 0.102. The van der Waals surface area contributed by atoms with Gasteiger partial charge in [-0.25, -0.2) is 9.13 Å². The molecule has 0 aromatic carbocycles. The Balaban J connectivity index is 5.15. The van der Waals surface area contributed by atoms with Gasteiger partial charge in [-0.3, -0.25) is 37.3 Å². The molecule has 0 spiro atoms. The van der Waals surface area contributed by atoms with Gasteiger partial charge in [0.05, 0.1) is 26.4 Å². The number of hydrogen-bond donors (Lipinski definition) is 3. The fraction of sp³-hybridized carbons (Fsp3) is 0.946. The first kappa shape index (κ1) is 91.1. The Labute approximate surface area is 568 Å². The number of carbonyl (C=O) groups is 4. The van der Waals surface area contributed by atoms with Gasteiger partial charge in [0.15, 0.2) is 12.2 Å². The highest BCUT2D eigenvalue weighted by molar-refractivity contribution is 7.47. The van der Waals surface area contributed by atoms with Gasteiger partial charge >= 0.3 is 39.5 Å². The normalized spacial score (nSPS) is 14.1. The zero-order chi connectivity index (χ0) is 68.7. The molecule has 0 aliphatic carbocycles. The van der Waals surface area contributed by atoms with E-state index in [1.54, 1.807) is 0 Å². The van der Waals surface area contributed by atoms with E-state index in [1.165, 1.54) is 173 Å². The summed E-state index contributed by atoms with van der Waals surface area (Å²) in [7, 11) is -9.90. The number of aliphatic hydroxyl groups excluding tert-OH is 1. The molecule has 0 aromatic rings. The zero-order valence-electron chi connectivity index (χ0n) is 60.7. The zero-order valence-corrected chi connectivity index (χ0v) is 62.5. The third kappa shape index (κ3) is 68.4. The van der Waals surface area contributed by atoms with Crippen LogP contribution in [0.15, 0.2) is 0 Å². The quantitative estimate of drug-likeness (QED) is 0.0222. The molecule has 5 atom stereocenters. The van der Waals surface area contributed by atoms with Gasteiger partial charge in [0.25, 0.3) is 0 Å². The molecule has 2 unspecified atom stereocenters. The second-order valence-corrected chi connectivity index (χ2v) is 31.0. The van der Waals surface area contributed by atoms with Gasteiger partial charge in [-0.05, 0) is 43.4 Å². The number of hydrogen-bond acceptors (Lipinski definition) is 15. The number of phosphoric acid groups is 2. The van der Waals surface area contributed by atoms with Gasteiger partial charge < -0.3 is 33.8 Å². The lowest BCUT2D eigenvalue weighted by molar-refractivity contribution is -0.161. The van der Waals surface area contributed by atoms with Crippen molar-refractivity contribution in [1.82, 2.24) is 0 Å². The van der Waals surface area contributed by atoms with Crippen LogP contribution in [0.1, 0.15) is 376 Å². The van der Waals surface area contributed by atoms with E-state index >= 15 is 0 Å². The number of ether oxygens (including phenoxy) is 4. The SMILES string of the molecule is CCCCCCCCCC(=O)OC[C@H](COP(=O)(O)OC[C@H](O)COP(=O)(O)OC[C@@H](COC(=O)CCCCCCCCCCCCCCCC(C)C)OC(=O)CCCCCCCCCCCCCCCCCCCCC(C)C)OC(=O)CCCCCCCCC(C)C. The molecular weight excluding hydrogens is 1220 g/mol. The maximum absolute atomic E-state index is 13.1. The number of unbranched alkanes of at least 4 members (excludes halogenated alkanes) is 40. The summed E-state index contributed by atoms with van der Waals surface area (Å²) in [5.74, 6) is 0.151. The van der Waals surface area contributed by atoms with E-state index in [0.29, 0.717) is 31.6 Å². The van der Waals surface area contributed by atoms with Crippen molar-refractivity contribution in [2.75, 3.05) is 39.6 Å². The maximum atomic E-state index is 13.1. The van der Waals surface area contributed by atoms with Crippen LogP contribution >= 0.6 is 15.6 Å². The predicted octanol–water partition coefficient (Wildman–Crippen LogP) is 21.4. The summed E-state index contributed by atoms with van der Waals surface area (Å²) in [5.41, 5.74) is 0. The third-order valence-electron chi connectivity index (χ3n) is 17.1. The Bertz CT molecular complexity index is 1820. The predicted molar refractivity (Wildman–Crippen MR) is 377 cm³/mol. The van der Waals surface area contributed by atoms with E-state index in [0.717, 1.165) is 115 Å². The van der Waals surface area contributed by atoms with Crippen LogP contribution in [-0.2, 0) is 65.4 Å². The van der Waals surface area contributed by atoms with E-state index in [4.69, 9.17) is 37.0 Å². The van der Waals surface area contributed by atoms with Crippen molar-refractivity contribution >= 4 is 39.5 Å². The third-order valence-corrected chi connectivity index (χ3v) is 19.0. The number of carbonyl (C=O) groups excluding carboxylic acids is 4. The topological polar surface area (TPSA) is 237 Å². The molecule has 3 N–H and O–H groups in total. The minimum Gasteiger partial charge on any atom is -0.462 e. The van der Waals surface area contributed by atoms with Crippen LogP contribution in [0, 0.1) is 17.8 Å². The van der Waals surface area contributed by atoms with Crippen LogP contribution < -0.4 is 0 Å². The highest BCUT2D eigenvalue weighted by atomic mass is 31.2. The van der Waals surface area contributed by atoms with Gasteiger partial charge in [0.1, 0.15) is 19.3 Å². The van der Waals surface area contributed by atoms with Gasteiger partial charge in [0.2, 0.25) is 0 Å². The highest BCUT2D eigenvalue weighted by Crippen LogP contribution is 2.45. The number of esters is 4. The van der Waals surface area contributed by atoms with E-state index < -0.39 is 97.5 Å². The van der Waals surface area contributed by atoms with Gasteiger partial charge in [-0.2, -0.15) is 0 Å². The lowest BCUT2D eigenvalue weighted by atomic mass is 10.0. The summed E-state index contributed by atoms with van der Waals surface area (Å²) in [4.78, 5) is 72.5. The molecule has 0 aromatic heterocycles. The molecule has 0 saturated heterocycles. The second kappa shape index (κ2) is 64.7. The van der Waals surface area contributed by atoms with Crippen LogP contribution in [0.5, 0.6) is 0 Å². The van der Waals surface area contributed by atoms with Crippen LogP contribution in [0.4, 0.5) is 0 Å². The summed E-state index contributed by atoms with van der Waals surface area (Å²) in [6.07, 6.45) is 50.4. The Morgan fingerprint density at radius 3 is 0.731 bits per heavy atom. The van der Waals surface area contributed by atoms with E-state index in [9.17, 15) is 43.2 Å². The average Bonchev–Trinajstić information content (AvgIpc) is 3.30. The van der Waals surface area contributed by atoms with Crippen molar-refractivity contribution in [3.8, 4) is 0 Å². The highest BCUT2D eigenvalue weighted by Gasteiger charge is 2.30. The molecule has 0 aliphatic rings. The van der Waals surface area contributed by atoms with Crippen LogP contribution in [0.2, 0.25) is 0 Å². The first-order valence-electron chi connectivity index (χ1n) is 38.3. The fourth-order valence-corrected chi connectivity index (χ4v) is 12.8. The van der Waals surface area contributed by atoms with Gasteiger partial charge in [-0.1, -0.05) is 325 Å². The molecule has 0 aliphatic heterocycles. The molecule has 552 valence electrons. The average molecular weight is 1370 g/mol. The largest absolute Gasteiger partial charge is 0.472 e. The number of rotatable bonds is 72. The van der Waals surface area contributed by atoms with Crippen molar-refractivity contribution in [2.45, 2.75) is 394 Å². The monoisotopic (exact) mass is 1370 g/mol. The van der Waals surface area contributed by atoms with Crippen LogP contribution in [0.3, 0.4) is 0 Å². The molecular formula is C74H144O17P2. The van der Waals surface area contributed by atoms with Crippen molar-refractivity contribution in [3.63, 3.8) is 0 Å². The van der Waals surface area contributed by atoms with Crippen molar-refractivity contribution in [2.24, 2.45) is 17.8 Å². The Morgan fingerprint density at radius 1 is 0.290 bits per heavy atom. The minimum atomic E-state index is -4.95. The van der Waals surface area contributed by atoms with E-state index in [-0.39, 0.29) is 25.7 Å². The molecule has 19 heteroatoms. The summed E-state index contributed by atoms with van der Waals surface area (Å²) >= 11 is 0. The Hall–Kier alpha value is -1.94. The summed E-state index contributed by atoms with van der Waals surface area (Å²) in [6.45, 7) is 11.8. The van der Waals surface area contributed by atoms with Crippen molar-refractivity contribution in [1.29, 1.82) is 0 Å². The molecule has 17 nitrogen and oxygen atoms in total. The standard InChI is InChI=1S/C74H144O17P2/c1-8-9-10-11-31-41-48-55-71(76)84-61-70(91-74(79)58-51-44-37-36-40-47-54-67(6)7)64-89-93(82,83)87-60-68(75)59-86-92(80,81)88-63-69(62-85-72(77)56-49-42-34-29-25-22-18-20-24-28-33-39-46-53-66(4)5)90-73(78)57-50-43-35-30-26-21-17-15-13-12-14-16-19-23-27-32-38-45-52-65(2)3/h65-70,75H,8-64H2,1-7H3,(H,80,81)(H,82,83)/t68-,69-,70-/m1/s1. The molecule has 0 saturated carbocycles. The van der Waals surface area contributed by atoms with E-state index in [2.05, 4.69) is 48.5 Å². The Morgan fingerprint density at radius 2 is 0.495 bits per heavy atom. The lowest BCUT2D eigenvalue weighted by Gasteiger charge is -2.21. The lowest BCUT2D eigenvalue weighted by Crippen LogP contribution is -2.30. The van der Waals surface area contributed by atoms with Gasteiger partial charge in [-0.15, -0.1) is 0 Å². The number of aliphatic hydroxyl groups is 1. The molecule has 0 amide bonds. The first-order chi connectivity index (χ1) is 44.7. The van der Waals surface area contributed by atoms with Crippen molar-refractivity contribution < 1.29 is 80.2 Å². The molecule has 0 rings (SSSR count). The molecule has 93 heavy (non-hydrogen) atoms. The van der Waals surface area contributed by atoms with Crippen molar-refractivity contribution in [3.05, 3.63) is 0 Å². The molecule has 0 heterocycles. The first-order valence-corrected chi connectivity index (χ1v) is 41.3. The maximum Gasteiger partial charge on any atom is 0.472 e. The summed E-state index contributed by atoms with van der Waals surface area (Å²) < 4.78 is 68.2. The summed E-state index contributed by atoms with van der Waals surface area (Å²) in [5, 5.41) is 10.6. The molecule has 0 fully saturated rings. The summed E-state index contributed by atoms with van der Waals surface area (Å²) in [6, 6.07) is 0. The second-order valence-electron chi connectivity index (χ2n) is 28.1. The van der Waals surface area contributed by atoms with Gasteiger partial charge in [0, 0.05) is 25.7 Å². The van der Waals surface area contributed by atoms with Crippen LogP contribution in [0.25, 0.3) is 0 Å². The molecule has 0 radical (unpaired) electrons. The fourth-order valence-electron chi connectivity index (χ4n) is 11.2. The van der Waals surface area contributed by atoms with E-state index in [1.807, 2.05) is 0 Å². The Kier molecular flexibility index (Phi) is 63.4.